The molecule has 7 heteroatoms. The minimum absolute atomic E-state index is 0.0201. The summed E-state index contributed by atoms with van der Waals surface area (Å²) in [5.41, 5.74) is 1.85. The first-order valence-corrected chi connectivity index (χ1v) is 9.32. The highest BCUT2D eigenvalue weighted by atomic mass is 16.3. The van der Waals surface area contributed by atoms with Crippen LogP contribution in [-0.4, -0.2) is 54.2 Å². The summed E-state index contributed by atoms with van der Waals surface area (Å²) >= 11 is 0. The number of fused-ring (bicyclic) bond motifs is 1. The largest absolute Gasteiger partial charge is 0.389 e. The van der Waals surface area contributed by atoms with Crippen LogP contribution in [0.15, 0.2) is 36.7 Å². The van der Waals surface area contributed by atoms with Crippen LogP contribution in [-0.2, 0) is 11.3 Å². The number of aliphatic hydroxyl groups is 1. The van der Waals surface area contributed by atoms with Crippen molar-refractivity contribution in [1.82, 2.24) is 24.0 Å². The maximum atomic E-state index is 12.9. The van der Waals surface area contributed by atoms with Gasteiger partial charge in [-0.3, -0.25) is 4.79 Å². The first-order valence-electron chi connectivity index (χ1n) is 9.32. The number of likely N-dealkylation sites (N-methyl/N-ethyl adjacent to an activating group) is 1. The van der Waals surface area contributed by atoms with Gasteiger partial charge in [0.25, 0.3) is 0 Å². The molecule has 0 spiro atoms. The molecule has 3 atom stereocenters. The van der Waals surface area contributed by atoms with E-state index >= 15 is 0 Å². The van der Waals surface area contributed by atoms with Crippen molar-refractivity contribution in [3.63, 3.8) is 0 Å². The van der Waals surface area contributed by atoms with Gasteiger partial charge in [-0.2, -0.15) is 0 Å². The molecule has 0 aliphatic heterocycles. The second-order valence-electron chi connectivity index (χ2n) is 7.32. The number of imidazole rings is 2. The Bertz CT molecular complexity index is 976. The Labute approximate surface area is 158 Å². The number of amides is 1. The Kier molecular flexibility index (Phi) is 4.47. The second kappa shape index (κ2) is 6.81. The molecule has 3 aromatic rings. The highest BCUT2D eigenvalue weighted by Gasteiger charge is 2.40. The maximum absolute atomic E-state index is 12.9. The summed E-state index contributed by atoms with van der Waals surface area (Å²) in [4.78, 5) is 23.4. The number of para-hydroxylation sites is 2. The number of carbonyl (C=O) groups is 1. The van der Waals surface area contributed by atoms with Crippen LogP contribution in [0.5, 0.6) is 0 Å². The molecule has 2 aromatic heterocycles. The number of rotatable bonds is 4. The van der Waals surface area contributed by atoms with Crippen LogP contribution in [0.4, 0.5) is 0 Å². The summed E-state index contributed by atoms with van der Waals surface area (Å²) in [7, 11) is 1.79. The molecule has 0 bridgehead atoms. The lowest BCUT2D eigenvalue weighted by Gasteiger charge is -2.29. The predicted molar refractivity (Wildman–Crippen MR) is 102 cm³/mol. The Morgan fingerprint density at radius 2 is 2.04 bits per heavy atom. The Hall–Kier alpha value is -2.67. The Morgan fingerprint density at radius 3 is 2.78 bits per heavy atom. The van der Waals surface area contributed by atoms with E-state index in [4.69, 9.17) is 0 Å². The topological polar surface area (TPSA) is 76.2 Å². The molecule has 142 valence electrons. The molecule has 4 rings (SSSR count). The Morgan fingerprint density at radius 1 is 1.26 bits per heavy atom. The summed E-state index contributed by atoms with van der Waals surface area (Å²) in [5, 5.41) is 10.9. The van der Waals surface area contributed by atoms with E-state index < -0.39 is 6.10 Å². The number of carbonyl (C=O) groups excluding carboxylic acids is 1. The van der Waals surface area contributed by atoms with Crippen LogP contribution in [0.1, 0.15) is 30.5 Å². The number of aliphatic hydroxyl groups excluding tert-OH is 1. The molecule has 1 saturated carbocycles. The SMILES string of the molecule is Cc1nccn1[C@@H]1CC[C@@H](N(C)C(=O)Cn2c(C)nc3ccccc32)[C@H]1O. The molecule has 1 N–H and O–H groups in total. The first kappa shape index (κ1) is 17.7. The van der Waals surface area contributed by atoms with E-state index in [1.807, 2.05) is 53.4 Å². The minimum atomic E-state index is -0.604. The van der Waals surface area contributed by atoms with Crippen molar-refractivity contribution in [3.05, 3.63) is 48.3 Å². The highest BCUT2D eigenvalue weighted by molar-refractivity contribution is 5.81. The van der Waals surface area contributed by atoms with Gasteiger partial charge in [-0.15, -0.1) is 0 Å². The molecule has 1 aromatic carbocycles. The molecule has 1 fully saturated rings. The maximum Gasteiger partial charge on any atom is 0.242 e. The van der Waals surface area contributed by atoms with E-state index in [2.05, 4.69) is 9.97 Å². The van der Waals surface area contributed by atoms with Crippen LogP contribution < -0.4 is 0 Å². The standard InChI is InChI=1S/C20H25N5O2/c1-13-21-10-11-24(13)18-9-8-17(20(18)27)23(3)19(26)12-25-14(2)22-15-6-4-5-7-16(15)25/h4-7,10-11,17-18,20,27H,8-9,12H2,1-3H3/t17-,18-,20-/m1/s1. The number of benzene rings is 1. The fraction of sp³-hybridized carbons (Fsp3) is 0.450. The summed E-state index contributed by atoms with van der Waals surface area (Å²) in [6.07, 6.45) is 4.64. The first-order chi connectivity index (χ1) is 13.0. The van der Waals surface area contributed by atoms with Gasteiger partial charge in [0, 0.05) is 19.4 Å². The summed E-state index contributed by atoms with van der Waals surface area (Å²) < 4.78 is 3.95. The molecule has 0 radical (unpaired) electrons. The number of nitrogens with zero attached hydrogens (tertiary/aromatic N) is 5. The zero-order valence-corrected chi connectivity index (χ0v) is 15.9. The van der Waals surface area contributed by atoms with Gasteiger partial charge in [0.1, 0.15) is 18.2 Å². The molecule has 1 aliphatic rings. The summed E-state index contributed by atoms with van der Waals surface area (Å²) in [6.45, 7) is 4.07. The van der Waals surface area contributed by atoms with Crippen LogP contribution in [0.25, 0.3) is 11.0 Å². The lowest BCUT2D eigenvalue weighted by Crippen LogP contribution is -2.44. The van der Waals surface area contributed by atoms with Gasteiger partial charge in [-0.1, -0.05) is 12.1 Å². The van der Waals surface area contributed by atoms with Crippen LogP contribution in [0.3, 0.4) is 0 Å². The summed E-state index contributed by atoms with van der Waals surface area (Å²) in [6, 6.07) is 7.59. The number of aryl methyl sites for hydroxylation is 2. The van der Waals surface area contributed by atoms with Crippen molar-refractivity contribution < 1.29 is 9.90 Å². The number of hydrogen-bond acceptors (Lipinski definition) is 4. The average molecular weight is 367 g/mol. The molecule has 0 unspecified atom stereocenters. The zero-order valence-electron chi connectivity index (χ0n) is 15.9. The average Bonchev–Trinajstić information content (AvgIpc) is 3.32. The third-order valence-electron chi connectivity index (χ3n) is 5.80. The van der Waals surface area contributed by atoms with Crippen molar-refractivity contribution in [2.75, 3.05) is 7.05 Å². The quantitative estimate of drug-likeness (QED) is 0.766. The molecule has 1 aliphatic carbocycles. The third-order valence-corrected chi connectivity index (χ3v) is 5.80. The van der Waals surface area contributed by atoms with E-state index in [0.717, 1.165) is 35.5 Å². The fourth-order valence-electron chi connectivity index (χ4n) is 4.23. The molecule has 27 heavy (non-hydrogen) atoms. The number of hydrogen-bond donors (Lipinski definition) is 1. The van der Waals surface area contributed by atoms with E-state index in [1.54, 1.807) is 18.1 Å². The van der Waals surface area contributed by atoms with Gasteiger partial charge in [0.2, 0.25) is 5.91 Å². The van der Waals surface area contributed by atoms with Gasteiger partial charge < -0.3 is 19.1 Å². The monoisotopic (exact) mass is 367 g/mol. The minimum Gasteiger partial charge on any atom is -0.389 e. The highest BCUT2D eigenvalue weighted by Crippen LogP contribution is 2.34. The Balaban J connectivity index is 1.51. The van der Waals surface area contributed by atoms with Crippen LogP contribution in [0.2, 0.25) is 0 Å². The smallest absolute Gasteiger partial charge is 0.242 e. The molecule has 2 heterocycles. The molecule has 7 nitrogen and oxygen atoms in total. The normalized spacial score (nSPS) is 22.4. The molecule has 0 saturated heterocycles. The lowest BCUT2D eigenvalue weighted by atomic mass is 10.1. The van der Waals surface area contributed by atoms with Crippen molar-refractivity contribution in [1.29, 1.82) is 0 Å². The van der Waals surface area contributed by atoms with E-state index in [9.17, 15) is 9.90 Å². The van der Waals surface area contributed by atoms with E-state index in [1.165, 1.54) is 0 Å². The van der Waals surface area contributed by atoms with Crippen molar-refractivity contribution in [3.8, 4) is 0 Å². The van der Waals surface area contributed by atoms with Gasteiger partial charge in [-0.25, -0.2) is 9.97 Å². The van der Waals surface area contributed by atoms with Crippen molar-refractivity contribution >= 4 is 16.9 Å². The van der Waals surface area contributed by atoms with Crippen LogP contribution >= 0.6 is 0 Å². The molecular formula is C20H25N5O2. The summed E-state index contributed by atoms with van der Waals surface area (Å²) in [5.74, 6) is 1.68. The number of aromatic nitrogens is 4. The van der Waals surface area contributed by atoms with Crippen LogP contribution in [0, 0.1) is 13.8 Å². The fourth-order valence-corrected chi connectivity index (χ4v) is 4.23. The van der Waals surface area contributed by atoms with E-state index in [0.29, 0.717) is 0 Å². The zero-order chi connectivity index (χ0) is 19.1. The van der Waals surface area contributed by atoms with Gasteiger partial charge in [-0.05, 0) is 38.8 Å². The van der Waals surface area contributed by atoms with Gasteiger partial charge >= 0.3 is 0 Å². The lowest BCUT2D eigenvalue weighted by molar-refractivity contribution is -0.134. The predicted octanol–water partition coefficient (Wildman–Crippen LogP) is 2.07. The van der Waals surface area contributed by atoms with Gasteiger partial charge in [0.15, 0.2) is 0 Å². The van der Waals surface area contributed by atoms with E-state index in [-0.39, 0.29) is 24.5 Å². The van der Waals surface area contributed by atoms with Crippen molar-refractivity contribution in [2.24, 2.45) is 0 Å². The van der Waals surface area contributed by atoms with Gasteiger partial charge in [0.05, 0.1) is 29.2 Å². The second-order valence-corrected chi connectivity index (χ2v) is 7.32. The third kappa shape index (κ3) is 3.02. The van der Waals surface area contributed by atoms with Crippen molar-refractivity contribution in [2.45, 2.75) is 51.4 Å². The molecule has 1 amide bonds. The molecular weight excluding hydrogens is 342 g/mol.